The molecule has 6 heteroatoms. The highest BCUT2D eigenvalue weighted by atomic mass is 16.3. The van der Waals surface area contributed by atoms with Crippen molar-refractivity contribution < 1.29 is 30.6 Å². The van der Waals surface area contributed by atoms with Gasteiger partial charge in [0.1, 0.15) is 11.5 Å². The minimum Gasteiger partial charge on any atom is -0.508 e. The summed E-state index contributed by atoms with van der Waals surface area (Å²) < 4.78 is 0. The summed E-state index contributed by atoms with van der Waals surface area (Å²) in [5.74, 6) is -0.356. The third kappa shape index (κ3) is 5.18. The van der Waals surface area contributed by atoms with Crippen molar-refractivity contribution in [3.05, 3.63) is 95.1 Å². The van der Waals surface area contributed by atoms with Crippen LogP contribution in [0.5, 0.6) is 34.5 Å². The van der Waals surface area contributed by atoms with Crippen molar-refractivity contribution in [2.24, 2.45) is 0 Å². The molecule has 174 valence electrons. The third-order valence-electron chi connectivity index (χ3n) is 5.95. The van der Waals surface area contributed by atoms with Gasteiger partial charge in [0.05, 0.1) is 0 Å². The molecule has 0 aliphatic heterocycles. The highest BCUT2D eigenvalue weighted by Crippen LogP contribution is 2.32. The van der Waals surface area contributed by atoms with Crippen LogP contribution in [0.15, 0.2) is 72.8 Å². The number of aromatic hydroxyl groups is 6. The molecule has 4 aromatic rings. The summed E-state index contributed by atoms with van der Waals surface area (Å²) in [7, 11) is 0. The molecule has 4 aromatic carbocycles. The maximum absolute atomic E-state index is 10.5. The summed E-state index contributed by atoms with van der Waals surface area (Å²) in [4.78, 5) is 0. The van der Waals surface area contributed by atoms with E-state index in [0.717, 1.165) is 33.4 Å². The molecule has 6 nitrogen and oxygen atoms in total. The Balaban J connectivity index is 1.43. The van der Waals surface area contributed by atoms with Crippen LogP contribution in [0.2, 0.25) is 0 Å². The fourth-order valence-corrected chi connectivity index (χ4v) is 3.92. The lowest BCUT2D eigenvalue weighted by molar-refractivity contribution is 0.403. The number of rotatable bonds is 7. The Morgan fingerprint density at radius 2 is 0.765 bits per heavy atom. The largest absolute Gasteiger partial charge is 0.508 e. The van der Waals surface area contributed by atoms with Crippen LogP contribution < -0.4 is 0 Å². The molecule has 0 spiro atoms. The van der Waals surface area contributed by atoms with Crippen LogP contribution in [0.1, 0.15) is 22.3 Å². The zero-order valence-corrected chi connectivity index (χ0v) is 18.4. The van der Waals surface area contributed by atoms with E-state index in [1.54, 1.807) is 24.3 Å². The molecular formula is C28H26O6. The Kier molecular flexibility index (Phi) is 6.50. The quantitative estimate of drug-likeness (QED) is 0.213. The molecular weight excluding hydrogens is 432 g/mol. The van der Waals surface area contributed by atoms with Gasteiger partial charge in [-0.25, -0.2) is 0 Å². The highest BCUT2D eigenvalue weighted by molar-refractivity contribution is 5.68. The Bertz CT molecular complexity index is 1230. The second-order valence-electron chi connectivity index (χ2n) is 8.33. The second kappa shape index (κ2) is 9.67. The molecule has 0 bridgehead atoms. The number of phenols is 6. The standard InChI is InChI=1S/C28H26O6/c29-23-11-3-17(13-27(23)33)1-5-19-7-9-21(15-25(19)31)22-10-8-20(26(32)16-22)6-2-18-4-12-24(30)28(34)14-18/h3-4,7-16,29-34H,1-2,5-6H2. The summed E-state index contributed by atoms with van der Waals surface area (Å²) in [6, 6.07) is 20.1. The predicted molar refractivity (Wildman–Crippen MR) is 130 cm³/mol. The molecule has 0 aliphatic carbocycles. The fraction of sp³-hybridized carbons (Fsp3) is 0.143. The number of phenolic OH excluding ortho intramolecular Hbond substituents is 6. The van der Waals surface area contributed by atoms with E-state index in [4.69, 9.17) is 0 Å². The van der Waals surface area contributed by atoms with E-state index in [2.05, 4.69) is 0 Å². The monoisotopic (exact) mass is 458 g/mol. The van der Waals surface area contributed by atoms with Gasteiger partial charge in [0, 0.05) is 0 Å². The van der Waals surface area contributed by atoms with Crippen LogP contribution in [0.25, 0.3) is 11.1 Å². The molecule has 0 aromatic heterocycles. The summed E-state index contributed by atoms with van der Waals surface area (Å²) in [6.45, 7) is 0. The van der Waals surface area contributed by atoms with Crippen molar-refractivity contribution in [3.8, 4) is 45.6 Å². The van der Waals surface area contributed by atoms with E-state index in [0.29, 0.717) is 25.7 Å². The van der Waals surface area contributed by atoms with E-state index < -0.39 is 0 Å². The lowest BCUT2D eigenvalue weighted by Gasteiger charge is -2.11. The first-order valence-corrected chi connectivity index (χ1v) is 11.0. The molecule has 0 aliphatic rings. The van der Waals surface area contributed by atoms with E-state index in [1.165, 1.54) is 24.3 Å². The number of aryl methyl sites for hydroxylation is 4. The van der Waals surface area contributed by atoms with Gasteiger partial charge in [0.15, 0.2) is 23.0 Å². The van der Waals surface area contributed by atoms with Crippen LogP contribution in [-0.2, 0) is 25.7 Å². The molecule has 0 saturated carbocycles. The number of hydrogen-bond donors (Lipinski definition) is 6. The van der Waals surface area contributed by atoms with Gasteiger partial charge in [-0.3, -0.25) is 0 Å². The van der Waals surface area contributed by atoms with Crippen LogP contribution >= 0.6 is 0 Å². The van der Waals surface area contributed by atoms with Crippen molar-refractivity contribution >= 4 is 0 Å². The zero-order chi connectivity index (χ0) is 24.2. The maximum atomic E-state index is 10.5. The molecule has 6 N–H and O–H groups in total. The third-order valence-corrected chi connectivity index (χ3v) is 5.95. The van der Waals surface area contributed by atoms with Crippen LogP contribution in [0.3, 0.4) is 0 Å². The molecule has 4 rings (SSSR count). The average Bonchev–Trinajstić information content (AvgIpc) is 2.81. The normalized spacial score (nSPS) is 10.9. The zero-order valence-electron chi connectivity index (χ0n) is 18.4. The summed E-state index contributed by atoms with van der Waals surface area (Å²) in [5.41, 5.74) is 4.76. The minimum atomic E-state index is -0.165. The number of hydrogen-bond acceptors (Lipinski definition) is 6. The van der Waals surface area contributed by atoms with Crippen molar-refractivity contribution in [1.29, 1.82) is 0 Å². The Morgan fingerprint density at radius 1 is 0.353 bits per heavy atom. The van der Waals surface area contributed by atoms with Crippen molar-refractivity contribution in [3.63, 3.8) is 0 Å². The van der Waals surface area contributed by atoms with Crippen LogP contribution in [-0.4, -0.2) is 30.6 Å². The van der Waals surface area contributed by atoms with E-state index in [1.807, 2.05) is 24.3 Å². The van der Waals surface area contributed by atoms with E-state index in [-0.39, 0.29) is 34.5 Å². The van der Waals surface area contributed by atoms with Crippen LogP contribution in [0, 0.1) is 0 Å². The van der Waals surface area contributed by atoms with Gasteiger partial charge >= 0.3 is 0 Å². The Hall–Kier alpha value is -4.32. The molecule has 0 fully saturated rings. The Labute approximate surface area is 197 Å². The summed E-state index contributed by atoms with van der Waals surface area (Å²) >= 11 is 0. The first-order valence-electron chi connectivity index (χ1n) is 11.0. The molecule has 0 heterocycles. The molecule has 0 amide bonds. The van der Waals surface area contributed by atoms with Gasteiger partial charge in [-0.15, -0.1) is 0 Å². The molecule has 0 radical (unpaired) electrons. The summed E-state index contributed by atoms with van der Waals surface area (Å²) in [6.07, 6.45) is 2.31. The van der Waals surface area contributed by atoms with Gasteiger partial charge < -0.3 is 30.6 Å². The molecule has 34 heavy (non-hydrogen) atoms. The van der Waals surface area contributed by atoms with E-state index in [9.17, 15) is 30.6 Å². The lowest BCUT2D eigenvalue weighted by atomic mass is 9.97. The molecule has 0 unspecified atom stereocenters. The van der Waals surface area contributed by atoms with Crippen molar-refractivity contribution in [2.75, 3.05) is 0 Å². The SMILES string of the molecule is Oc1ccc(CCc2ccc(-c3ccc(CCc4ccc(O)c(O)c4)c(O)c3)cc2O)cc1O. The topological polar surface area (TPSA) is 121 Å². The van der Waals surface area contributed by atoms with E-state index >= 15 is 0 Å². The Morgan fingerprint density at radius 3 is 1.12 bits per heavy atom. The predicted octanol–water partition coefficient (Wildman–Crippen LogP) is 5.16. The molecule has 0 saturated heterocycles. The minimum absolute atomic E-state index is 0.149. The van der Waals surface area contributed by atoms with Gasteiger partial charge in [-0.05, 0) is 95.5 Å². The van der Waals surface area contributed by atoms with Gasteiger partial charge in [-0.2, -0.15) is 0 Å². The average molecular weight is 459 g/mol. The smallest absolute Gasteiger partial charge is 0.157 e. The maximum Gasteiger partial charge on any atom is 0.157 e. The van der Waals surface area contributed by atoms with Crippen LogP contribution in [0.4, 0.5) is 0 Å². The second-order valence-corrected chi connectivity index (χ2v) is 8.33. The summed E-state index contributed by atoms with van der Waals surface area (Å²) in [5, 5.41) is 59.1. The first-order chi connectivity index (χ1) is 16.3. The number of benzene rings is 4. The van der Waals surface area contributed by atoms with Crippen molar-refractivity contribution in [1.82, 2.24) is 0 Å². The van der Waals surface area contributed by atoms with Gasteiger partial charge in [-0.1, -0.05) is 36.4 Å². The van der Waals surface area contributed by atoms with Gasteiger partial charge in [0.2, 0.25) is 0 Å². The fourth-order valence-electron chi connectivity index (χ4n) is 3.92. The highest BCUT2D eigenvalue weighted by Gasteiger charge is 2.10. The van der Waals surface area contributed by atoms with Gasteiger partial charge in [0.25, 0.3) is 0 Å². The first kappa shape index (κ1) is 22.9. The molecule has 0 atom stereocenters. The van der Waals surface area contributed by atoms with Crippen molar-refractivity contribution in [2.45, 2.75) is 25.7 Å². The lowest BCUT2D eigenvalue weighted by Crippen LogP contribution is -1.94.